The highest BCUT2D eigenvalue weighted by Gasteiger charge is 1.97. The van der Waals surface area contributed by atoms with E-state index >= 15 is 0 Å². The number of isocyanates is 2. The van der Waals surface area contributed by atoms with Crippen LogP contribution in [-0.2, 0) is 9.59 Å². The number of nitrogens with one attached hydrogen (secondary N) is 2. The topological polar surface area (TPSA) is 82.9 Å². The number of carbonyl (C=O) groups excluding carboxylic acids is 2. The van der Waals surface area contributed by atoms with Crippen LogP contribution in [0.1, 0.15) is 0 Å². The number of benzene rings is 1. The molecule has 1 aromatic carbocycles. The second-order valence-electron chi connectivity index (χ2n) is 2.18. The lowest BCUT2D eigenvalue weighted by Crippen LogP contribution is -1.94. The van der Waals surface area contributed by atoms with E-state index < -0.39 is 0 Å². The molecule has 0 unspecified atom stereocenters. The normalized spacial score (nSPS) is 8.00. The molecule has 0 saturated carbocycles. The quantitative estimate of drug-likeness (QED) is 0.421. The van der Waals surface area contributed by atoms with Crippen LogP contribution in [-0.4, -0.2) is 12.2 Å². The molecule has 0 saturated heterocycles. The first-order valence-electron chi connectivity index (χ1n) is 3.63. The fraction of sp³-hybridized carbons (Fsp3) is 0. The van der Waals surface area contributed by atoms with Crippen LogP contribution < -0.4 is 10.9 Å². The highest BCUT2D eigenvalue weighted by Crippen LogP contribution is 2.20. The minimum absolute atomic E-state index is 0.509. The molecule has 1 aromatic rings. The first-order chi connectivity index (χ1) is 6.88. The van der Waals surface area contributed by atoms with Gasteiger partial charge in [0.1, 0.15) is 0 Å². The zero-order valence-electron chi connectivity index (χ0n) is 7.02. The summed E-state index contributed by atoms with van der Waals surface area (Å²) in [4.78, 5) is 19.7. The first-order valence-corrected chi connectivity index (χ1v) is 3.63. The van der Waals surface area contributed by atoms with Gasteiger partial charge in [-0.1, -0.05) is 22.3 Å². The van der Waals surface area contributed by atoms with Crippen LogP contribution in [0.2, 0.25) is 0 Å². The van der Waals surface area contributed by atoms with Gasteiger partial charge in [-0.3, -0.25) is 10.9 Å². The summed E-state index contributed by atoms with van der Waals surface area (Å²) in [6, 6.07) is 6.78. The molecular formula is C8H6N4O2. The Labute approximate surface area is 79.3 Å². The number of hydrogen-bond acceptors (Lipinski definition) is 6. The van der Waals surface area contributed by atoms with Crippen molar-refractivity contribution in [1.82, 2.24) is 0 Å². The molecule has 0 heterocycles. The SMILES string of the molecule is O=C=NNc1ccccc1NN=C=O. The zero-order valence-corrected chi connectivity index (χ0v) is 7.02. The maximum Gasteiger partial charge on any atom is 0.258 e. The third-order valence-corrected chi connectivity index (χ3v) is 1.37. The Balaban J connectivity index is 2.89. The van der Waals surface area contributed by atoms with E-state index in [1.807, 2.05) is 0 Å². The van der Waals surface area contributed by atoms with Gasteiger partial charge in [-0.05, 0) is 12.1 Å². The molecule has 0 bridgehead atoms. The molecule has 0 radical (unpaired) electrons. The largest absolute Gasteiger partial charge is 0.265 e. The van der Waals surface area contributed by atoms with Crippen molar-refractivity contribution in [3.63, 3.8) is 0 Å². The fourth-order valence-electron chi connectivity index (χ4n) is 0.844. The summed E-state index contributed by atoms with van der Waals surface area (Å²) < 4.78 is 0. The van der Waals surface area contributed by atoms with Crippen molar-refractivity contribution < 1.29 is 9.59 Å². The van der Waals surface area contributed by atoms with Gasteiger partial charge >= 0.3 is 0 Å². The first kappa shape index (κ1) is 9.67. The summed E-state index contributed by atoms with van der Waals surface area (Å²) in [7, 11) is 0. The molecule has 6 nitrogen and oxygen atoms in total. The number of anilines is 2. The maximum atomic E-state index is 9.84. The molecule has 0 fully saturated rings. The molecule has 1 rings (SSSR count). The van der Waals surface area contributed by atoms with E-state index in [0.717, 1.165) is 0 Å². The molecule has 6 heteroatoms. The number of hydrazone groups is 2. The van der Waals surface area contributed by atoms with E-state index in [0.29, 0.717) is 11.4 Å². The average molecular weight is 190 g/mol. The molecule has 14 heavy (non-hydrogen) atoms. The third kappa shape index (κ3) is 2.57. The molecule has 0 aromatic heterocycles. The van der Waals surface area contributed by atoms with Crippen molar-refractivity contribution in [3.8, 4) is 0 Å². The fourth-order valence-corrected chi connectivity index (χ4v) is 0.844. The number of rotatable bonds is 4. The van der Waals surface area contributed by atoms with Gasteiger partial charge in [0.25, 0.3) is 12.2 Å². The Morgan fingerprint density at radius 3 is 1.71 bits per heavy atom. The van der Waals surface area contributed by atoms with E-state index in [9.17, 15) is 9.59 Å². The molecular weight excluding hydrogens is 184 g/mol. The lowest BCUT2D eigenvalue weighted by atomic mass is 10.3. The van der Waals surface area contributed by atoms with Gasteiger partial charge in [-0.15, -0.1) is 0 Å². The summed E-state index contributed by atoms with van der Waals surface area (Å²) in [6.07, 6.45) is 2.66. The molecule has 0 atom stereocenters. The van der Waals surface area contributed by atoms with E-state index in [-0.39, 0.29) is 0 Å². The molecule has 0 aliphatic carbocycles. The second kappa shape index (κ2) is 5.27. The Kier molecular flexibility index (Phi) is 3.64. The second-order valence-corrected chi connectivity index (χ2v) is 2.18. The van der Waals surface area contributed by atoms with Crippen LogP contribution in [0.3, 0.4) is 0 Å². The van der Waals surface area contributed by atoms with Crippen LogP contribution in [0.5, 0.6) is 0 Å². The lowest BCUT2D eigenvalue weighted by molar-refractivity contribution is 0.563. The van der Waals surface area contributed by atoms with Crippen molar-refractivity contribution >= 4 is 23.5 Å². The van der Waals surface area contributed by atoms with E-state index in [1.54, 1.807) is 24.3 Å². The van der Waals surface area contributed by atoms with Crippen LogP contribution in [0.4, 0.5) is 11.4 Å². The lowest BCUT2D eigenvalue weighted by Gasteiger charge is -2.04. The highest BCUT2D eigenvalue weighted by molar-refractivity contribution is 5.68. The highest BCUT2D eigenvalue weighted by atomic mass is 16.1. The average Bonchev–Trinajstić information content (AvgIpc) is 2.24. The van der Waals surface area contributed by atoms with Crippen LogP contribution in [0.25, 0.3) is 0 Å². The number of hydrogen-bond donors (Lipinski definition) is 2. The van der Waals surface area contributed by atoms with Crippen molar-refractivity contribution in [2.45, 2.75) is 0 Å². The van der Waals surface area contributed by atoms with Gasteiger partial charge in [-0.25, -0.2) is 9.59 Å². The summed E-state index contributed by atoms with van der Waals surface area (Å²) in [5.74, 6) is 0. The van der Waals surface area contributed by atoms with Crippen molar-refractivity contribution in [1.29, 1.82) is 0 Å². The summed E-state index contributed by atoms with van der Waals surface area (Å²) >= 11 is 0. The molecule has 70 valence electrons. The minimum Gasteiger partial charge on any atom is -0.265 e. The van der Waals surface area contributed by atoms with E-state index in [2.05, 4.69) is 21.1 Å². The van der Waals surface area contributed by atoms with E-state index in [1.165, 1.54) is 12.2 Å². The molecule has 0 amide bonds. The predicted molar refractivity (Wildman–Crippen MR) is 49.9 cm³/mol. The standard InChI is InChI=1S/C8H6N4O2/c13-5-9-11-7-3-1-2-4-8(7)12-10-6-14/h1-4,11-12H. The molecule has 0 aliphatic heterocycles. The smallest absolute Gasteiger partial charge is 0.258 e. The monoisotopic (exact) mass is 190 g/mol. The summed E-state index contributed by atoms with van der Waals surface area (Å²) in [5, 5.41) is 6.35. The van der Waals surface area contributed by atoms with Gasteiger partial charge < -0.3 is 0 Å². The van der Waals surface area contributed by atoms with Gasteiger partial charge in [0, 0.05) is 0 Å². The molecule has 0 spiro atoms. The number of para-hydroxylation sites is 2. The van der Waals surface area contributed by atoms with Crippen LogP contribution >= 0.6 is 0 Å². The van der Waals surface area contributed by atoms with Crippen LogP contribution in [0.15, 0.2) is 34.5 Å². The Bertz CT molecular complexity index is 367. The summed E-state index contributed by atoms with van der Waals surface area (Å²) in [5.41, 5.74) is 5.86. The summed E-state index contributed by atoms with van der Waals surface area (Å²) in [6.45, 7) is 0. The molecule has 2 N–H and O–H groups in total. The third-order valence-electron chi connectivity index (χ3n) is 1.37. The number of nitrogens with zero attached hydrogens (tertiary/aromatic N) is 2. The van der Waals surface area contributed by atoms with E-state index in [4.69, 9.17) is 0 Å². The molecule has 0 aliphatic rings. The van der Waals surface area contributed by atoms with Crippen LogP contribution in [0, 0.1) is 0 Å². The van der Waals surface area contributed by atoms with Gasteiger partial charge in [0.15, 0.2) is 0 Å². The Morgan fingerprint density at radius 2 is 1.36 bits per heavy atom. The van der Waals surface area contributed by atoms with Crippen molar-refractivity contribution in [3.05, 3.63) is 24.3 Å². The van der Waals surface area contributed by atoms with Gasteiger partial charge in [0.2, 0.25) is 0 Å². The van der Waals surface area contributed by atoms with Gasteiger partial charge in [-0.2, -0.15) is 0 Å². The Morgan fingerprint density at radius 1 is 0.929 bits per heavy atom. The zero-order chi connectivity index (χ0) is 10.2. The Hall–Kier alpha value is -2.42. The van der Waals surface area contributed by atoms with Crippen molar-refractivity contribution in [2.75, 3.05) is 10.9 Å². The maximum absolute atomic E-state index is 9.84. The predicted octanol–water partition coefficient (Wildman–Crippen LogP) is 1.01. The minimum atomic E-state index is 0.509. The van der Waals surface area contributed by atoms with Gasteiger partial charge in [0.05, 0.1) is 11.4 Å². The van der Waals surface area contributed by atoms with Crippen molar-refractivity contribution in [2.24, 2.45) is 10.2 Å².